The van der Waals surface area contributed by atoms with Gasteiger partial charge in [-0.15, -0.1) is 10.2 Å². The lowest BCUT2D eigenvalue weighted by atomic mass is 9.90. The summed E-state index contributed by atoms with van der Waals surface area (Å²) in [6.07, 6.45) is 0.813. The Kier molecular flexibility index (Phi) is 4.54. The van der Waals surface area contributed by atoms with E-state index in [1.54, 1.807) is 0 Å². The SMILES string of the molecule is CCc1nnc(C(=O)N2CCN(Cc3ccccc3)C3(COC3)C2)s1. The number of amides is 1. The van der Waals surface area contributed by atoms with Crippen LogP contribution in [0.15, 0.2) is 30.3 Å². The van der Waals surface area contributed by atoms with Crippen LogP contribution in [0, 0.1) is 0 Å². The maximum atomic E-state index is 12.8. The first-order chi connectivity index (χ1) is 12.2. The standard InChI is InChI=1S/C18H22N4O2S/c1-2-15-19-20-16(25-15)17(23)21-8-9-22(18(11-21)12-24-13-18)10-14-6-4-3-5-7-14/h3-7H,2,8-13H2,1H3. The van der Waals surface area contributed by atoms with Gasteiger partial charge in [0, 0.05) is 26.2 Å². The molecule has 0 N–H and O–H groups in total. The Balaban J connectivity index is 1.47. The minimum absolute atomic E-state index is 0.00263. The van der Waals surface area contributed by atoms with Crippen molar-refractivity contribution in [3.63, 3.8) is 0 Å². The first kappa shape index (κ1) is 16.6. The first-order valence-electron chi connectivity index (χ1n) is 8.68. The molecule has 6 nitrogen and oxygen atoms in total. The molecule has 2 saturated heterocycles. The maximum Gasteiger partial charge on any atom is 0.284 e. The highest BCUT2D eigenvalue weighted by Gasteiger charge is 2.49. The molecule has 1 amide bonds. The number of hydrogen-bond donors (Lipinski definition) is 0. The van der Waals surface area contributed by atoms with E-state index in [9.17, 15) is 4.79 Å². The zero-order valence-corrected chi connectivity index (χ0v) is 15.2. The Hall–Kier alpha value is -1.83. The van der Waals surface area contributed by atoms with Gasteiger partial charge in [-0.2, -0.15) is 0 Å². The average molecular weight is 358 g/mol. The van der Waals surface area contributed by atoms with E-state index in [0.29, 0.717) is 31.3 Å². The molecule has 1 aromatic carbocycles. The third-order valence-electron chi connectivity index (χ3n) is 4.99. The molecule has 3 heterocycles. The number of aryl methyl sites for hydroxylation is 1. The molecule has 2 aromatic rings. The predicted molar refractivity (Wildman–Crippen MR) is 95.6 cm³/mol. The van der Waals surface area contributed by atoms with Crippen molar-refractivity contribution < 1.29 is 9.53 Å². The van der Waals surface area contributed by atoms with Crippen LogP contribution < -0.4 is 0 Å². The lowest BCUT2D eigenvalue weighted by Crippen LogP contribution is -2.71. The lowest BCUT2D eigenvalue weighted by molar-refractivity contribution is -0.167. The molecule has 4 rings (SSSR count). The van der Waals surface area contributed by atoms with Crippen molar-refractivity contribution >= 4 is 17.2 Å². The number of ether oxygens (including phenoxy) is 1. The van der Waals surface area contributed by atoms with Crippen molar-refractivity contribution in [2.24, 2.45) is 0 Å². The number of rotatable bonds is 4. The second kappa shape index (κ2) is 6.82. The van der Waals surface area contributed by atoms with Crippen LogP contribution in [-0.4, -0.2) is 64.3 Å². The van der Waals surface area contributed by atoms with Gasteiger partial charge in [-0.1, -0.05) is 48.6 Å². The number of nitrogens with zero attached hydrogens (tertiary/aromatic N) is 4. The van der Waals surface area contributed by atoms with E-state index in [-0.39, 0.29) is 11.4 Å². The fourth-order valence-corrected chi connectivity index (χ4v) is 4.21. The van der Waals surface area contributed by atoms with Crippen molar-refractivity contribution in [1.29, 1.82) is 0 Å². The summed E-state index contributed by atoms with van der Waals surface area (Å²) >= 11 is 1.41. The molecule has 0 aliphatic carbocycles. The molecule has 0 unspecified atom stereocenters. The molecule has 7 heteroatoms. The van der Waals surface area contributed by atoms with Crippen molar-refractivity contribution in [3.05, 3.63) is 45.9 Å². The number of piperazine rings is 1. The summed E-state index contributed by atoms with van der Waals surface area (Å²) in [5, 5.41) is 9.56. The van der Waals surface area contributed by atoms with Gasteiger partial charge in [0.1, 0.15) is 5.01 Å². The second-order valence-electron chi connectivity index (χ2n) is 6.71. The fraction of sp³-hybridized carbons (Fsp3) is 0.500. The maximum absolute atomic E-state index is 12.8. The van der Waals surface area contributed by atoms with Crippen LogP contribution in [0.2, 0.25) is 0 Å². The predicted octanol–water partition coefficient (Wildman–Crippen LogP) is 1.83. The molecule has 2 aliphatic heterocycles. The van der Waals surface area contributed by atoms with E-state index >= 15 is 0 Å². The van der Waals surface area contributed by atoms with E-state index in [2.05, 4.69) is 39.4 Å². The Morgan fingerprint density at radius 1 is 1.24 bits per heavy atom. The van der Waals surface area contributed by atoms with Gasteiger partial charge in [0.2, 0.25) is 5.01 Å². The van der Waals surface area contributed by atoms with Crippen molar-refractivity contribution in [3.8, 4) is 0 Å². The molecule has 0 radical (unpaired) electrons. The van der Waals surface area contributed by atoms with Gasteiger partial charge in [-0.3, -0.25) is 9.69 Å². The van der Waals surface area contributed by atoms with Crippen LogP contribution in [0.1, 0.15) is 27.3 Å². The highest BCUT2D eigenvalue weighted by atomic mass is 32.1. The minimum Gasteiger partial charge on any atom is -0.377 e. The zero-order chi connectivity index (χ0) is 17.3. The monoisotopic (exact) mass is 358 g/mol. The van der Waals surface area contributed by atoms with Gasteiger partial charge in [0.05, 0.1) is 18.8 Å². The Morgan fingerprint density at radius 2 is 2.04 bits per heavy atom. The fourth-order valence-electron chi connectivity index (χ4n) is 3.47. The van der Waals surface area contributed by atoms with Gasteiger partial charge in [-0.05, 0) is 12.0 Å². The summed E-state index contributed by atoms with van der Waals surface area (Å²) in [7, 11) is 0. The van der Waals surface area contributed by atoms with Gasteiger partial charge < -0.3 is 9.64 Å². The molecule has 1 aromatic heterocycles. The zero-order valence-electron chi connectivity index (χ0n) is 14.4. The van der Waals surface area contributed by atoms with E-state index in [4.69, 9.17) is 4.74 Å². The molecule has 25 heavy (non-hydrogen) atoms. The van der Waals surface area contributed by atoms with Crippen LogP contribution >= 0.6 is 11.3 Å². The van der Waals surface area contributed by atoms with Crippen molar-refractivity contribution in [2.75, 3.05) is 32.8 Å². The number of carbonyl (C=O) groups is 1. The van der Waals surface area contributed by atoms with Crippen LogP contribution in [0.4, 0.5) is 0 Å². The third-order valence-corrected chi connectivity index (χ3v) is 6.05. The van der Waals surface area contributed by atoms with Gasteiger partial charge in [0.25, 0.3) is 5.91 Å². The van der Waals surface area contributed by atoms with E-state index < -0.39 is 0 Å². The Morgan fingerprint density at radius 3 is 2.68 bits per heavy atom. The smallest absolute Gasteiger partial charge is 0.284 e. The molecule has 0 saturated carbocycles. The Bertz CT molecular complexity index is 745. The molecule has 0 bridgehead atoms. The number of benzene rings is 1. The van der Waals surface area contributed by atoms with Crippen LogP contribution in [0.3, 0.4) is 0 Å². The minimum atomic E-state index is -0.0674. The van der Waals surface area contributed by atoms with Crippen LogP contribution in [0.5, 0.6) is 0 Å². The molecule has 1 spiro atoms. The number of aromatic nitrogens is 2. The third kappa shape index (κ3) is 3.19. The van der Waals surface area contributed by atoms with Crippen molar-refractivity contribution in [1.82, 2.24) is 20.0 Å². The highest BCUT2D eigenvalue weighted by molar-refractivity contribution is 7.13. The first-order valence-corrected chi connectivity index (χ1v) is 9.50. The normalized spacial score (nSPS) is 19.8. The number of carbonyl (C=O) groups excluding carboxylic acids is 1. The molecule has 132 valence electrons. The van der Waals surface area contributed by atoms with Crippen LogP contribution in [0.25, 0.3) is 0 Å². The molecule has 0 atom stereocenters. The van der Waals surface area contributed by atoms with E-state index in [0.717, 1.165) is 24.5 Å². The molecule has 2 fully saturated rings. The Labute approximate surface area is 151 Å². The number of hydrogen-bond acceptors (Lipinski definition) is 6. The molecular weight excluding hydrogens is 336 g/mol. The lowest BCUT2D eigenvalue weighted by Gasteiger charge is -2.55. The van der Waals surface area contributed by atoms with E-state index in [1.165, 1.54) is 16.9 Å². The topological polar surface area (TPSA) is 58.6 Å². The van der Waals surface area contributed by atoms with Crippen LogP contribution in [-0.2, 0) is 17.7 Å². The molecule has 2 aliphatic rings. The highest BCUT2D eigenvalue weighted by Crippen LogP contribution is 2.31. The molecular formula is C18H22N4O2S. The summed E-state index contributed by atoms with van der Waals surface area (Å²) in [5.41, 5.74) is 1.23. The van der Waals surface area contributed by atoms with E-state index in [1.807, 2.05) is 17.9 Å². The second-order valence-corrected chi connectivity index (χ2v) is 7.77. The summed E-state index contributed by atoms with van der Waals surface area (Å²) < 4.78 is 5.53. The van der Waals surface area contributed by atoms with Crippen molar-refractivity contribution in [2.45, 2.75) is 25.4 Å². The summed E-state index contributed by atoms with van der Waals surface area (Å²) in [4.78, 5) is 17.2. The summed E-state index contributed by atoms with van der Waals surface area (Å²) in [5.74, 6) is 0.00263. The van der Waals surface area contributed by atoms with Gasteiger partial charge in [0.15, 0.2) is 0 Å². The average Bonchev–Trinajstić information content (AvgIpc) is 3.10. The van der Waals surface area contributed by atoms with Gasteiger partial charge in [-0.25, -0.2) is 0 Å². The summed E-state index contributed by atoms with van der Waals surface area (Å²) in [6, 6.07) is 10.5. The quantitative estimate of drug-likeness (QED) is 0.835. The van der Waals surface area contributed by atoms with Gasteiger partial charge >= 0.3 is 0 Å². The largest absolute Gasteiger partial charge is 0.377 e. The summed E-state index contributed by atoms with van der Waals surface area (Å²) in [6.45, 7) is 6.54.